The van der Waals surface area contributed by atoms with Crippen LogP contribution in [0.25, 0.3) is 0 Å². The molecule has 0 spiro atoms. The van der Waals surface area contributed by atoms with Crippen LogP contribution >= 0.6 is 11.8 Å². The first-order valence-electron chi connectivity index (χ1n) is 2.69. The molecule has 4 heteroatoms. The second-order valence-corrected chi connectivity index (χ2v) is 2.40. The van der Waals surface area contributed by atoms with E-state index in [-0.39, 0.29) is 6.09 Å². The lowest BCUT2D eigenvalue weighted by Crippen LogP contribution is -2.19. The van der Waals surface area contributed by atoms with Gasteiger partial charge < -0.3 is 4.74 Å². The SMILES string of the molecule is COC(=O)N1C=CSC=C1. The molecule has 0 aliphatic carbocycles. The Hall–Kier alpha value is -0.900. The third-order valence-electron chi connectivity index (χ3n) is 0.985. The molecular weight excluding hydrogens is 150 g/mol. The van der Waals surface area contributed by atoms with Crippen LogP contribution < -0.4 is 0 Å². The molecule has 0 aromatic carbocycles. The molecule has 3 nitrogen and oxygen atoms in total. The Morgan fingerprint density at radius 3 is 2.60 bits per heavy atom. The van der Waals surface area contributed by atoms with Crippen molar-refractivity contribution in [2.24, 2.45) is 0 Å². The van der Waals surface area contributed by atoms with Gasteiger partial charge in [0.1, 0.15) is 0 Å². The lowest BCUT2D eigenvalue weighted by atomic mass is 10.7. The lowest BCUT2D eigenvalue weighted by Gasteiger charge is -2.12. The summed E-state index contributed by atoms with van der Waals surface area (Å²) in [5.41, 5.74) is 0. The Labute approximate surface area is 63.3 Å². The second-order valence-electron chi connectivity index (χ2n) is 1.58. The lowest BCUT2D eigenvalue weighted by molar-refractivity contribution is 0.152. The maximum atomic E-state index is 10.8. The van der Waals surface area contributed by atoms with Crippen LogP contribution in [0.3, 0.4) is 0 Å². The molecule has 0 aromatic heterocycles. The zero-order valence-corrected chi connectivity index (χ0v) is 6.30. The maximum Gasteiger partial charge on any atom is 0.417 e. The van der Waals surface area contributed by atoms with Crippen LogP contribution in [0.2, 0.25) is 0 Å². The Bertz CT molecular complexity index is 176. The van der Waals surface area contributed by atoms with Gasteiger partial charge in [-0.3, -0.25) is 4.90 Å². The fraction of sp³-hybridized carbons (Fsp3) is 0.167. The molecule has 1 aliphatic rings. The second kappa shape index (κ2) is 3.31. The molecular formula is C6H7NO2S. The molecule has 0 unspecified atom stereocenters. The van der Waals surface area contributed by atoms with E-state index in [4.69, 9.17) is 0 Å². The number of rotatable bonds is 0. The molecule has 10 heavy (non-hydrogen) atoms. The van der Waals surface area contributed by atoms with Crippen LogP contribution in [0, 0.1) is 0 Å². The number of hydrogen-bond donors (Lipinski definition) is 0. The van der Waals surface area contributed by atoms with Crippen molar-refractivity contribution in [1.29, 1.82) is 0 Å². The predicted molar refractivity (Wildman–Crippen MR) is 40.1 cm³/mol. The smallest absolute Gasteiger partial charge is 0.417 e. The summed E-state index contributed by atoms with van der Waals surface area (Å²) in [6.07, 6.45) is 2.93. The van der Waals surface area contributed by atoms with Gasteiger partial charge in [-0.1, -0.05) is 0 Å². The molecule has 0 fully saturated rings. The van der Waals surface area contributed by atoms with Gasteiger partial charge in [0.05, 0.1) is 7.11 Å². The van der Waals surface area contributed by atoms with Crippen molar-refractivity contribution >= 4 is 17.9 Å². The number of ether oxygens (including phenoxy) is 1. The van der Waals surface area contributed by atoms with Gasteiger partial charge in [0.25, 0.3) is 0 Å². The van der Waals surface area contributed by atoms with Crippen molar-refractivity contribution in [3.63, 3.8) is 0 Å². The first kappa shape index (κ1) is 7.21. The minimum atomic E-state index is -0.368. The molecule has 0 N–H and O–H groups in total. The Kier molecular flexibility index (Phi) is 2.39. The first-order chi connectivity index (χ1) is 4.84. The summed E-state index contributed by atoms with van der Waals surface area (Å²) in [5.74, 6) is 0. The summed E-state index contributed by atoms with van der Waals surface area (Å²) in [6, 6.07) is 0. The number of thioether (sulfide) groups is 1. The molecule has 54 valence electrons. The van der Waals surface area contributed by atoms with Crippen LogP contribution in [0.4, 0.5) is 4.79 Å². The number of methoxy groups -OCH3 is 1. The zero-order chi connectivity index (χ0) is 7.40. The van der Waals surface area contributed by atoms with E-state index in [2.05, 4.69) is 4.74 Å². The van der Waals surface area contributed by atoms with E-state index in [9.17, 15) is 4.79 Å². The Morgan fingerprint density at radius 2 is 2.10 bits per heavy atom. The predicted octanol–water partition coefficient (Wildman–Crippen LogP) is 1.74. The van der Waals surface area contributed by atoms with E-state index in [0.29, 0.717) is 0 Å². The fourth-order valence-corrected chi connectivity index (χ4v) is 1.02. The molecule has 1 heterocycles. The molecule has 0 radical (unpaired) electrons. The fourth-order valence-electron chi connectivity index (χ4n) is 0.524. The van der Waals surface area contributed by atoms with Gasteiger partial charge in [-0.15, -0.1) is 11.8 Å². The Balaban J connectivity index is 2.55. The number of hydrogen-bond acceptors (Lipinski definition) is 3. The third-order valence-corrected chi connectivity index (χ3v) is 1.54. The monoisotopic (exact) mass is 157 g/mol. The summed E-state index contributed by atoms with van der Waals surface area (Å²) in [4.78, 5) is 12.1. The van der Waals surface area contributed by atoms with Gasteiger partial charge in [0.2, 0.25) is 0 Å². The van der Waals surface area contributed by atoms with Crippen molar-refractivity contribution < 1.29 is 9.53 Å². The van der Waals surface area contributed by atoms with E-state index in [1.165, 1.54) is 23.8 Å². The number of nitrogens with zero attached hydrogens (tertiary/aromatic N) is 1. The first-order valence-corrected chi connectivity index (χ1v) is 3.64. The highest BCUT2D eigenvalue weighted by Gasteiger charge is 2.07. The van der Waals surface area contributed by atoms with Crippen molar-refractivity contribution in [1.82, 2.24) is 4.90 Å². The molecule has 1 amide bonds. The molecule has 0 aromatic rings. The van der Waals surface area contributed by atoms with E-state index < -0.39 is 0 Å². The average Bonchev–Trinajstić information content (AvgIpc) is 2.05. The minimum Gasteiger partial charge on any atom is -0.452 e. The van der Waals surface area contributed by atoms with E-state index in [0.717, 1.165) is 0 Å². The highest BCUT2D eigenvalue weighted by Crippen LogP contribution is 2.12. The molecule has 1 aliphatic heterocycles. The topological polar surface area (TPSA) is 29.5 Å². The largest absolute Gasteiger partial charge is 0.452 e. The van der Waals surface area contributed by atoms with Gasteiger partial charge in [-0.25, -0.2) is 4.79 Å². The van der Waals surface area contributed by atoms with Crippen LogP contribution in [0.15, 0.2) is 23.2 Å². The number of amides is 1. The standard InChI is InChI=1S/C6H7NO2S/c1-9-6(8)7-2-4-10-5-3-7/h2-5H,1H3. The summed E-state index contributed by atoms with van der Waals surface area (Å²) in [6.45, 7) is 0. The molecule has 0 saturated carbocycles. The van der Waals surface area contributed by atoms with Crippen LogP contribution in [-0.4, -0.2) is 18.1 Å². The van der Waals surface area contributed by atoms with Crippen LogP contribution in [0.1, 0.15) is 0 Å². The maximum absolute atomic E-state index is 10.8. The molecule has 0 saturated heterocycles. The van der Waals surface area contributed by atoms with Crippen molar-refractivity contribution in [3.05, 3.63) is 23.2 Å². The Morgan fingerprint density at radius 1 is 1.50 bits per heavy atom. The normalized spacial score (nSPS) is 15.5. The summed E-state index contributed by atoms with van der Waals surface area (Å²) in [7, 11) is 1.35. The average molecular weight is 157 g/mol. The van der Waals surface area contributed by atoms with Crippen molar-refractivity contribution in [3.8, 4) is 0 Å². The quantitative estimate of drug-likeness (QED) is 0.536. The van der Waals surface area contributed by atoms with Gasteiger partial charge in [-0.05, 0) is 10.8 Å². The van der Waals surface area contributed by atoms with E-state index in [1.807, 2.05) is 0 Å². The van der Waals surface area contributed by atoms with E-state index >= 15 is 0 Å². The summed E-state index contributed by atoms with van der Waals surface area (Å²) >= 11 is 1.52. The summed E-state index contributed by atoms with van der Waals surface area (Å²) in [5, 5.41) is 3.60. The zero-order valence-electron chi connectivity index (χ0n) is 5.48. The van der Waals surface area contributed by atoms with Gasteiger partial charge in [-0.2, -0.15) is 0 Å². The van der Waals surface area contributed by atoms with E-state index in [1.54, 1.807) is 23.2 Å². The van der Waals surface area contributed by atoms with Gasteiger partial charge >= 0.3 is 6.09 Å². The highest BCUT2D eigenvalue weighted by molar-refractivity contribution is 8.04. The molecule has 0 atom stereocenters. The number of carbonyl (C=O) groups is 1. The van der Waals surface area contributed by atoms with Gasteiger partial charge in [0, 0.05) is 12.4 Å². The molecule has 1 rings (SSSR count). The van der Waals surface area contributed by atoms with Crippen LogP contribution in [0.5, 0.6) is 0 Å². The van der Waals surface area contributed by atoms with Crippen molar-refractivity contribution in [2.45, 2.75) is 0 Å². The third kappa shape index (κ3) is 1.54. The summed E-state index contributed by atoms with van der Waals surface area (Å²) < 4.78 is 4.46. The van der Waals surface area contributed by atoms with Gasteiger partial charge in [0.15, 0.2) is 0 Å². The number of carbonyl (C=O) groups excluding carboxylic acids is 1. The van der Waals surface area contributed by atoms with Crippen molar-refractivity contribution in [2.75, 3.05) is 7.11 Å². The molecule has 0 bridgehead atoms. The minimum absolute atomic E-state index is 0.368. The highest BCUT2D eigenvalue weighted by atomic mass is 32.2. The van der Waals surface area contributed by atoms with Crippen LogP contribution in [-0.2, 0) is 4.74 Å².